The largest absolute Gasteiger partial charge is 0.381 e. The molecular weight excluding hydrogens is 338 g/mol. The van der Waals surface area contributed by atoms with Crippen LogP contribution in [-0.4, -0.2) is 46.7 Å². The molecule has 7 heteroatoms. The highest BCUT2D eigenvalue weighted by Crippen LogP contribution is 2.27. The van der Waals surface area contributed by atoms with Crippen LogP contribution >= 0.6 is 11.6 Å². The minimum atomic E-state index is 0.640. The van der Waals surface area contributed by atoms with E-state index in [0.29, 0.717) is 10.9 Å². The molecule has 0 spiro atoms. The van der Waals surface area contributed by atoms with E-state index in [4.69, 9.17) is 21.3 Å². The number of H-pyrrole nitrogens is 1. The van der Waals surface area contributed by atoms with E-state index in [-0.39, 0.29) is 0 Å². The number of anilines is 1. The van der Waals surface area contributed by atoms with Crippen LogP contribution in [0, 0.1) is 5.92 Å². The van der Waals surface area contributed by atoms with Crippen molar-refractivity contribution in [1.29, 1.82) is 0 Å². The highest BCUT2D eigenvalue weighted by Gasteiger charge is 2.17. The molecule has 1 aliphatic heterocycles. The predicted octanol–water partition coefficient (Wildman–Crippen LogP) is 3.54. The van der Waals surface area contributed by atoms with E-state index in [1.54, 1.807) is 24.8 Å². The first-order valence-electron chi connectivity index (χ1n) is 8.44. The average molecular weight is 358 g/mol. The third-order valence-corrected chi connectivity index (χ3v) is 4.97. The maximum absolute atomic E-state index is 6.20. The molecule has 0 radical (unpaired) electrons. The van der Waals surface area contributed by atoms with Gasteiger partial charge in [0.1, 0.15) is 11.5 Å². The highest BCUT2D eigenvalue weighted by molar-refractivity contribution is 6.35. The molecule has 130 valence electrons. The van der Waals surface area contributed by atoms with Gasteiger partial charge in [-0.3, -0.25) is 4.98 Å². The lowest BCUT2D eigenvalue weighted by atomic mass is 10.00. The Morgan fingerprint density at radius 2 is 2.12 bits per heavy atom. The quantitative estimate of drug-likeness (QED) is 0.773. The number of ether oxygens (including phenoxy) is 1. The molecule has 1 aliphatic rings. The minimum Gasteiger partial charge on any atom is -0.381 e. The molecular formula is C18H20ClN5O. The van der Waals surface area contributed by atoms with Crippen LogP contribution in [0.2, 0.25) is 5.02 Å². The van der Waals surface area contributed by atoms with Crippen molar-refractivity contribution < 1.29 is 4.74 Å². The molecule has 0 bridgehead atoms. The zero-order chi connectivity index (χ0) is 17.2. The standard InChI is InChI=1S/C18H20ClN5O/c1-24(11-12-2-4-25-5-3-12)17-10-20-9-16(23-17)13-6-14-15(19)8-22-18(14)21-7-13/h6-10,12H,2-5,11H2,1H3,(H,21,22). The molecule has 25 heavy (non-hydrogen) atoms. The van der Waals surface area contributed by atoms with Crippen LogP contribution in [0.15, 0.2) is 30.9 Å². The molecule has 1 saturated heterocycles. The summed E-state index contributed by atoms with van der Waals surface area (Å²) < 4.78 is 5.44. The van der Waals surface area contributed by atoms with E-state index in [1.165, 1.54) is 0 Å². The van der Waals surface area contributed by atoms with E-state index < -0.39 is 0 Å². The van der Waals surface area contributed by atoms with E-state index in [1.807, 2.05) is 6.07 Å². The van der Waals surface area contributed by atoms with E-state index in [0.717, 1.165) is 60.7 Å². The summed E-state index contributed by atoms with van der Waals surface area (Å²) in [6.45, 7) is 2.67. The topological polar surface area (TPSA) is 66.9 Å². The fraction of sp³-hybridized carbons (Fsp3) is 0.389. The van der Waals surface area contributed by atoms with Gasteiger partial charge in [0.15, 0.2) is 0 Å². The summed E-state index contributed by atoms with van der Waals surface area (Å²) in [6.07, 6.45) is 9.30. The van der Waals surface area contributed by atoms with Gasteiger partial charge < -0.3 is 14.6 Å². The van der Waals surface area contributed by atoms with Gasteiger partial charge in [0.25, 0.3) is 0 Å². The maximum atomic E-state index is 6.20. The van der Waals surface area contributed by atoms with Gasteiger partial charge in [-0.15, -0.1) is 0 Å². The van der Waals surface area contributed by atoms with Crippen LogP contribution in [0.3, 0.4) is 0 Å². The monoisotopic (exact) mass is 357 g/mol. The Morgan fingerprint density at radius 3 is 2.96 bits per heavy atom. The molecule has 1 N–H and O–H groups in total. The minimum absolute atomic E-state index is 0.640. The van der Waals surface area contributed by atoms with E-state index >= 15 is 0 Å². The van der Waals surface area contributed by atoms with Crippen molar-refractivity contribution in [2.75, 3.05) is 31.7 Å². The number of pyridine rings is 1. The maximum Gasteiger partial charge on any atom is 0.147 e. The second-order valence-electron chi connectivity index (χ2n) is 6.46. The van der Waals surface area contributed by atoms with Gasteiger partial charge in [0.05, 0.1) is 23.1 Å². The molecule has 4 heterocycles. The summed E-state index contributed by atoms with van der Waals surface area (Å²) in [4.78, 5) is 18.8. The van der Waals surface area contributed by atoms with E-state index in [2.05, 4.69) is 26.9 Å². The van der Waals surface area contributed by atoms with Crippen molar-refractivity contribution in [3.8, 4) is 11.3 Å². The summed E-state index contributed by atoms with van der Waals surface area (Å²) >= 11 is 6.20. The van der Waals surface area contributed by atoms with Crippen molar-refractivity contribution in [1.82, 2.24) is 19.9 Å². The molecule has 4 rings (SSSR count). The Hall–Kier alpha value is -2.18. The van der Waals surface area contributed by atoms with Crippen LogP contribution in [0.4, 0.5) is 5.82 Å². The van der Waals surface area contributed by atoms with Crippen LogP contribution < -0.4 is 4.90 Å². The number of rotatable bonds is 4. The number of hydrogen-bond donors (Lipinski definition) is 1. The fourth-order valence-corrected chi connectivity index (χ4v) is 3.40. The molecule has 6 nitrogen and oxygen atoms in total. The van der Waals surface area contributed by atoms with Crippen LogP contribution in [0.5, 0.6) is 0 Å². The number of halogens is 1. The second kappa shape index (κ2) is 6.98. The number of fused-ring (bicyclic) bond motifs is 1. The lowest BCUT2D eigenvalue weighted by molar-refractivity contribution is 0.0685. The summed E-state index contributed by atoms with van der Waals surface area (Å²) in [7, 11) is 2.06. The molecule has 0 aliphatic carbocycles. The molecule has 0 unspecified atom stereocenters. The lowest BCUT2D eigenvalue weighted by Gasteiger charge is -2.27. The first kappa shape index (κ1) is 16.3. The number of aromatic amines is 1. The Bertz CT molecular complexity index is 875. The third-order valence-electron chi connectivity index (χ3n) is 4.66. The SMILES string of the molecule is CN(CC1CCOCC1)c1cncc(-c2cnc3[nH]cc(Cl)c3c2)n1. The Balaban J connectivity index is 1.58. The predicted molar refractivity (Wildman–Crippen MR) is 98.9 cm³/mol. The van der Waals surface area contributed by atoms with Crippen LogP contribution in [-0.2, 0) is 4.74 Å². The van der Waals surface area contributed by atoms with Crippen LogP contribution in [0.25, 0.3) is 22.3 Å². The van der Waals surface area contributed by atoms with Gasteiger partial charge in [-0.1, -0.05) is 11.6 Å². The highest BCUT2D eigenvalue weighted by atomic mass is 35.5. The van der Waals surface area contributed by atoms with Gasteiger partial charge in [-0.05, 0) is 24.8 Å². The zero-order valence-corrected chi connectivity index (χ0v) is 14.8. The molecule has 0 amide bonds. The number of nitrogens with one attached hydrogen (secondary N) is 1. The fourth-order valence-electron chi connectivity index (χ4n) is 3.20. The first-order valence-corrected chi connectivity index (χ1v) is 8.82. The van der Waals surface area contributed by atoms with Crippen LogP contribution in [0.1, 0.15) is 12.8 Å². The van der Waals surface area contributed by atoms with Crippen molar-refractivity contribution in [2.24, 2.45) is 5.92 Å². The van der Waals surface area contributed by atoms with Gasteiger partial charge in [-0.2, -0.15) is 0 Å². The Kier molecular flexibility index (Phi) is 4.55. The molecule has 3 aromatic rings. The van der Waals surface area contributed by atoms with Gasteiger partial charge in [0, 0.05) is 50.1 Å². The normalized spacial score (nSPS) is 15.6. The molecule has 0 saturated carbocycles. The molecule has 0 atom stereocenters. The van der Waals surface area contributed by atoms with Gasteiger partial charge in [0.2, 0.25) is 0 Å². The van der Waals surface area contributed by atoms with Crippen molar-refractivity contribution in [3.05, 3.63) is 35.9 Å². The third kappa shape index (κ3) is 3.45. The number of aromatic nitrogens is 4. The average Bonchev–Trinajstić information content (AvgIpc) is 3.03. The summed E-state index contributed by atoms with van der Waals surface area (Å²) in [6, 6.07) is 1.99. The smallest absolute Gasteiger partial charge is 0.147 e. The van der Waals surface area contributed by atoms with Crippen molar-refractivity contribution in [3.63, 3.8) is 0 Å². The molecule has 0 aromatic carbocycles. The van der Waals surface area contributed by atoms with Gasteiger partial charge in [-0.25, -0.2) is 9.97 Å². The number of hydrogen-bond acceptors (Lipinski definition) is 5. The van der Waals surface area contributed by atoms with Crippen molar-refractivity contribution >= 4 is 28.5 Å². The van der Waals surface area contributed by atoms with E-state index in [9.17, 15) is 0 Å². The zero-order valence-electron chi connectivity index (χ0n) is 14.1. The molecule has 1 fully saturated rings. The Morgan fingerprint density at radius 1 is 1.28 bits per heavy atom. The summed E-state index contributed by atoms with van der Waals surface area (Å²) in [5.74, 6) is 1.50. The first-order chi connectivity index (χ1) is 12.2. The Labute approximate surface area is 151 Å². The molecule has 3 aromatic heterocycles. The second-order valence-corrected chi connectivity index (χ2v) is 6.86. The summed E-state index contributed by atoms with van der Waals surface area (Å²) in [5.41, 5.74) is 2.47. The van der Waals surface area contributed by atoms with Gasteiger partial charge >= 0.3 is 0 Å². The lowest BCUT2D eigenvalue weighted by Crippen LogP contribution is -2.30. The number of nitrogens with zero attached hydrogens (tertiary/aromatic N) is 4. The summed E-state index contributed by atoms with van der Waals surface area (Å²) in [5, 5.41) is 1.55. The van der Waals surface area contributed by atoms with Crippen molar-refractivity contribution in [2.45, 2.75) is 12.8 Å².